The van der Waals surface area contributed by atoms with Crippen LogP contribution in [0, 0.1) is 0 Å². The van der Waals surface area contributed by atoms with E-state index in [0.29, 0.717) is 29.9 Å². The van der Waals surface area contributed by atoms with Gasteiger partial charge in [0.25, 0.3) is 0 Å². The molecule has 1 N–H and O–H groups in total. The summed E-state index contributed by atoms with van der Waals surface area (Å²) in [5, 5.41) is 3.45. The molecule has 0 spiro atoms. The zero-order valence-corrected chi connectivity index (χ0v) is 13.4. The summed E-state index contributed by atoms with van der Waals surface area (Å²) in [6, 6.07) is 17.2. The van der Waals surface area contributed by atoms with Gasteiger partial charge in [0.15, 0.2) is 0 Å². The fourth-order valence-corrected chi connectivity index (χ4v) is 3.72. The maximum absolute atomic E-state index is 13.0. The predicted molar refractivity (Wildman–Crippen MR) is 91.6 cm³/mol. The second-order valence-corrected chi connectivity index (χ2v) is 6.38. The summed E-state index contributed by atoms with van der Waals surface area (Å²) in [6.07, 6.45) is 0. The highest BCUT2D eigenvalue weighted by molar-refractivity contribution is 6.27. The van der Waals surface area contributed by atoms with Crippen molar-refractivity contribution in [3.8, 4) is 0 Å². The lowest BCUT2D eigenvalue weighted by atomic mass is 9.90. The number of ketones is 2. The van der Waals surface area contributed by atoms with E-state index in [0.717, 1.165) is 11.4 Å². The third-order valence-electron chi connectivity index (χ3n) is 4.97. The monoisotopic (exact) mass is 329 g/mol. The van der Waals surface area contributed by atoms with Crippen molar-refractivity contribution < 1.29 is 9.59 Å². The zero-order valence-electron chi connectivity index (χ0n) is 13.4. The molecule has 0 amide bonds. The van der Waals surface area contributed by atoms with Gasteiger partial charge in [-0.1, -0.05) is 54.6 Å². The van der Waals surface area contributed by atoms with Crippen LogP contribution in [-0.2, 0) is 13.1 Å². The smallest absolute Gasteiger partial charge is 0.214 e. The van der Waals surface area contributed by atoms with E-state index in [2.05, 4.69) is 22.4 Å². The molecule has 1 aliphatic carbocycles. The molecule has 0 radical (unpaired) electrons. The molecule has 5 heteroatoms. The Labute approximate surface area is 144 Å². The topological polar surface area (TPSA) is 64.0 Å². The second-order valence-electron chi connectivity index (χ2n) is 6.38. The number of hydrogen-bond donors (Lipinski definition) is 1. The predicted octanol–water partition coefficient (Wildman–Crippen LogP) is 2.50. The van der Waals surface area contributed by atoms with E-state index in [1.165, 1.54) is 0 Å². The van der Waals surface area contributed by atoms with E-state index in [1.54, 1.807) is 24.3 Å². The standard InChI is InChI=1S/C20H15N3O2/c24-19-13-8-4-5-9-14(13)20(25)18-17(19)22-16-10-21-15(11-23(16)18)12-6-2-1-3-7-12/h1-9,15,21H,10-11H2. The van der Waals surface area contributed by atoms with Gasteiger partial charge in [-0.15, -0.1) is 0 Å². The molecule has 3 aromatic rings. The minimum absolute atomic E-state index is 0.0899. The average Bonchev–Trinajstić information content (AvgIpc) is 3.06. The Hall–Kier alpha value is -3.05. The summed E-state index contributed by atoms with van der Waals surface area (Å²) < 4.78 is 1.92. The number of carbonyl (C=O) groups is 2. The first-order chi connectivity index (χ1) is 12.2. The summed E-state index contributed by atoms with van der Waals surface area (Å²) >= 11 is 0. The second kappa shape index (κ2) is 5.22. The van der Waals surface area contributed by atoms with Gasteiger partial charge in [-0.25, -0.2) is 4.98 Å². The van der Waals surface area contributed by atoms with Gasteiger partial charge in [0.05, 0.1) is 12.6 Å². The van der Waals surface area contributed by atoms with E-state index in [1.807, 2.05) is 22.8 Å². The van der Waals surface area contributed by atoms with Gasteiger partial charge >= 0.3 is 0 Å². The summed E-state index contributed by atoms with van der Waals surface area (Å²) in [5.41, 5.74) is 2.79. The van der Waals surface area contributed by atoms with Crippen LogP contribution in [0.3, 0.4) is 0 Å². The summed E-state index contributed by atoms with van der Waals surface area (Å²) in [5.74, 6) is 0.465. The van der Waals surface area contributed by atoms with E-state index in [4.69, 9.17) is 0 Å². The Morgan fingerprint density at radius 2 is 1.60 bits per heavy atom. The van der Waals surface area contributed by atoms with Crippen LogP contribution in [0.1, 0.15) is 49.5 Å². The van der Waals surface area contributed by atoms with E-state index in [9.17, 15) is 9.59 Å². The number of benzene rings is 2. The van der Waals surface area contributed by atoms with Crippen LogP contribution >= 0.6 is 0 Å². The minimum Gasteiger partial charge on any atom is -0.322 e. The first kappa shape index (κ1) is 14.3. The van der Waals surface area contributed by atoms with Crippen molar-refractivity contribution in [1.29, 1.82) is 0 Å². The van der Waals surface area contributed by atoms with Gasteiger partial charge < -0.3 is 9.88 Å². The zero-order chi connectivity index (χ0) is 17.0. The molecular weight excluding hydrogens is 314 g/mol. The molecule has 5 nitrogen and oxygen atoms in total. The highest BCUT2D eigenvalue weighted by Gasteiger charge is 2.37. The fraction of sp³-hybridized carbons (Fsp3) is 0.150. The van der Waals surface area contributed by atoms with Crippen molar-refractivity contribution in [3.63, 3.8) is 0 Å². The van der Waals surface area contributed by atoms with Gasteiger partial charge in [-0.3, -0.25) is 9.59 Å². The largest absolute Gasteiger partial charge is 0.322 e. The maximum atomic E-state index is 13.0. The molecule has 1 atom stereocenters. The minimum atomic E-state index is -0.164. The summed E-state index contributed by atoms with van der Waals surface area (Å²) in [6.45, 7) is 1.12. The average molecular weight is 329 g/mol. The molecule has 2 heterocycles. The lowest BCUT2D eigenvalue weighted by Crippen LogP contribution is -2.34. The molecule has 25 heavy (non-hydrogen) atoms. The number of rotatable bonds is 1. The molecule has 122 valence electrons. The quantitative estimate of drug-likeness (QED) is 0.583. The Kier molecular flexibility index (Phi) is 2.99. The van der Waals surface area contributed by atoms with Crippen molar-refractivity contribution in [3.05, 3.63) is 88.5 Å². The van der Waals surface area contributed by atoms with Gasteiger partial charge in [0, 0.05) is 17.7 Å². The van der Waals surface area contributed by atoms with Crippen molar-refractivity contribution in [2.24, 2.45) is 0 Å². The van der Waals surface area contributed by atoms with Crippen LogP contribution < -0.4 is 5.32 Å². The van der Waals surface area contributed by atoms with Crippen LogP contribution in [0.2, 0.25) is 0 Å². The van der Waals surface area contributed by atoms with Crippen molar-refractivity contribution in [1.82, 2.24) is 14.9 Å². The Balaban J connectivity index is 1.62. The Morgan fingerprint density at radius 3 is 2.36 bits per heavy atom. The molecule has 0 saturated carbocycles. The molecule has 5 rings (SSSR count). The molecule has 0 bridgehead atoms. The number of carbonyl (C=O) groups excluding carboxylic acids is 2. The van der Waals surface area contributed by atoms with Gasteiger partial charge in [0.2, 0.25) is 11.6 Å². The molecule has 1 aromatic heterocycles. The van der Waals surface area contributed by atoms with Crippen molar-refractivity contribution >= 4 is 11.6 Å². The van der Waals surface area contributed by atoms with Crippen LogP contribution in [0.5, 0.6) is 0 Å². The number of imidazole rings is 1. The SMILES string of the molecule is O=C1c2ccccc2C(=O)c2c1nc1n2CC(c2ccccc2)NC1. The van der Waals surface area contributed by atoms with E-state index in [-0.39, 0.29) is 23.3 Å². The van der Waals surface area contributed by atoms with Crippen LogP contribution in [-0.4, -0.2) is 21.1 Å². The normalized spacial score (nSPS) is 18.5. The van der Waals surface area contributed by atoms with Crippen LogP contribution in [0.15, 0.2) is 54.6 Å². The molecule has 0 fully saturated rings. The number of nitrogens with one attached hydrogen (secondary N) is 1. The summed E-state index contributed by atoms with van der Waals surface area (Å²) in [7, 11) is 0. The highest BCUT2D eigenvalue weighted by atomic mass is 16.1. The lowest BCUT2D eigenvalue weighted by molar-refractivity contribution is 0.0970. The molecule has 1 aliphatic heterocycles. The van der Waals surface area contributed by atoms with Gasteiger partial charge in [-0.05, 0) is 5.56 Å². The molecule has 2 aliphatic rings. The lowest BCUT2D eigenvalue weighted by Gasteiger charge is -2.27. The number of hydrogen-bond acceptors (Lipinski definition) is 4. The number of nitrogens with zero attached hydrogens (tertiary/aromatic N) is 2. The third kappa shape index (κ3) is 2.03. The van der Waals surface area contributed by atoms with Crippen molar-refractivity contribution in [2.45, 2.75) is 19.1 Å². The van der Waals surface area contributed by atoms with Crippen LogP contribution in [0.25, 0.3) is 0 Å². The first-order valence-corrected chi connectivity index (χ1v) is 8.30. The molecule has 0 saturated heterocycles. The fourth-order valence-electron chi connectivity index (χ4n) is 3.72. The van der Waals surface area contributed by atoms with Gasteiger partial charge in [-0.2, -0.15) is 0 Å². The molecule has 2 aromatic carbocycles. The van der Waals surface area contributed by atoms with Gasteiger partial charge in [0.1, 0.15) is 17.2 Å². The summed E-state index contributed by atoms with van der Waals surface area (Å²) in [4.78, 5) is 30.3. The van der Waals surface area contributed by atoms with Crippen LogP contribution in [0.4, 0.5) is 0 Å². The maximum Gasteiger partial charge on any atom is 0.214 e. The number of fused-ring (bicyclic) bond motifs is 4. The molecule has 1 unspecified atom stereocenters. The first-order valence-electron chi connectivity index (χ1n) is 8.30. The number of aromatic nitrogens is 2. The molecular formula is C20H15N3O2. The van der Waals surface area contributed by atoms with E-state index >= 15 is 0 Å². The highest BCUT2D eigenvalue weighted by Crippen LogP contribution is 2.31. The van der Waals surface area contributed by atoms with Crippen molar-refractivity contribution in [2.75, 3.05) is 0 Å². The Bertz CT molecular complexity index is 1020. The van der Waals surface area contributed by atoms with E-state index < -0.39 is 0 Å². The Morgan fingerprint density at radius 1 is 0.920 bits per heavy atom. The third-order valence-corrected chi connectivity index (χ3v) is 4.97.